The lowest BCUT2D eigenvalue weighted by atomic mass is 9.80. The second-order valence-corrected chi connectivity index (χ2v) is 12.4. The lowest BCUT2D eigenvalue weighted by molar-refractivity contribution is -0.146. The van der Waals surface area contributed by atoms with Crippen molar-refractivity contribution < 1.29 is 40.6 Å². The molecule has 0 radical (unpaired) electrons. The van der Waals surface area contributed by atoms with E-state index < -0.39 is 45.1 Å². The zero-order chi connectivity index (χ0) is 30.9. The number of para-hydroxylation sites is 1. The van der Waals surface area contributed by atoms with Gasteiger partial charge in [-0.3, -0.25) is 9.59 Å². The van der Waals surface area contributed by atoms with E-state index in [0.29, 0.717) is 0 Å². The number of hydrogen-bond acceptors (Lipinski definition) is 6. The Morgan fingerprint density at radius 1 is 1.05 bits per heavy atom. The summed E-state index contributed by atoms with van der Waals surface area (Å²) in [4.78, 5) is 24.1. The Labute approximate surface area is 249 Å². The van der Waals surface area contributed by atoms with E-state index in [-0.39, 0.29) is 70.4 Å². The molecule has 0 unspecified atom stereocenters. The second kappa shape index (κ2) is 12.0. The molecule has 0 spiro atoms. The number of hydrogen-bond donors (Lipinski definition) is 1. The fourth-order valence-corrected chi connectivity index (χ4v) is 6.87. The standard InChI is InChI=1S/C30H25ClF3NO7S/c31-24-9-4-8-22-25(36)17-27(42-28(22)24)23-11-10-19(30(32,33)34)16-26(23)41-13-5-12-35(20-14-18(15-20)29(37)38)43(39,40)21-6-2-1-3-7-21/h1-4,6-11,16-18,20H,5,12-15H2,(H,37,38)/t18-,20+. The van der Waals surface area contributed by atoms with Crippen LogP contribution in [0.2, 0.25) is 5.02 Å². The Balaban J connectivity index is 1.40. The van der Waals surface area contributed by atoms with Crippen molar-refractivity contribution in [1.29, 1.82) is 0 Å². The van der Waals surface area contributed by atoms with Crippen molar-refractivity contribution in [3.05, 3.63) is 93.6 Å². The molecule has 3 aromatic carbocycles. The highest BCUT2D eigenvalue weighted by atomic mass is 35.5. The van der Waals surface area contributed by atoms with Gasteiger partial charge in [-0.15, -0.1) is 0 Å². The van der Waals surface area contributed by atoms with Gasteiger partial charge in [0.1, 0.15) is 11.5 Å². The average molecular weight is 636 g/mol. The van der Waals surface area contributed by atoms with Crippen LogP contribution in [-0.4, -0.2) is 43.0 Å². The molecule has 226 valence electrons. The normalized spacial score (nSPS) is 17.1. The van der Waals surface area contributed by atoms with Crippen LogP contribution in [0, 0.1) is 5.92 Å². The van der Waals surface area contributed by atoms with Gasteiger partial charge in [-0.25, -0.2) is 8.42 Å². The second-order valence-electron chi connectivity index (χ2n) is 10.1. The van der Waals surface area contributed by atoms with Crippen LogP contribution in [0.4, 0.5) is 13.2 Å². The van der Waals surface area contributed by atoms with Crippen LogP contribution in [0.1, 0.15) is 24.8 Å². The third kappa shape index (κ3) is 6.41. The number of ether oxygens (including phenoxy) is 1. The number of nitrogens with zero attached hydrogens (tertiary/aromatic N) is 1. The molecule has 1 aliphatic rings. The van der Waals surface area contributed by atoms with Gasteiger partial charge in [0.2, 0.25) is 10.0 Å². The van der Waals surface area contributed by atoms with Gasteiger partial charge in [0.25, 0.3) is 0 Å². The number of alkyl halides is 3. The van der Waals surface area contributed by atoms with E-state index in [1.165, 1.54) is 28.6 Å². The molecule has 1 heterocycles. The first-order chi connectivity index (χ1) is 20.4. The zero-order valence-electron chi connectivity index (χ0n) is 22.4. The predicted molar refractivity (Wildman–Crippen MR) is 153 cm³/mol. The number of rotatable bonds is 10. The molecule has 1 aromatic heterocycles. The zero-order valence-corrected chi connectivity index (χ0v) is 24.0. The maximum absolute atomic E-state index is 13.6. The van der Waals surface area contributed by atoms with Gasteiger partial charge in [-0.05, 0) is 61.7 Å². The highest BCUT2D eigenvalue weighted by Gasteiger charge is 2.42. The summed E-state index contributed by atoms with van der Waals surface area (Å²) in [6.07, 6.45) is -4.33. The van der Waals surface area contributed by atoms with E-state index in [0.717, 1.165) is 24.3 Å². The number of benzene rings is 3. The van der Waals surface area contributed by atoms with E-state index in [1.807, 2.05) is 0 Å². The molecule has 1 fully saturated rings. The molecule has 8 nitrogen and oxygen atoms in total. The minimum absolute atomic E-state index is 0.0415. The fraction of sp³-hybridized carbons (Fsp3) is 0.267. The molecule has 4 aromatic rings. The van der Waals surface area contributed by atoms with Crippen LogP contribution in [-0.2, 0) is 21.0 Å². The van der Waals surface area contributed by atoms with E-state index in [4.69, 9.17) is 20.8 Å². The molecule has 0 bridgehead atoms. The number of fused-ring (bicyclic) bond motifs is 1. The van der Waals surface area contributed by atoms with Gasteiger partial charge in [0.05, 0.1) is 39.0 Å². The largest absolute Gasteiger partial charge is 0.493 e. The highest BCUT2D eigenvalue weighted by molar-refractivity contribution is 7.89. The minimum atomic E-state index is -4.68. The summed E-state index contributed by atoms with van der Waals surface area (Å²) >= 11 is 6.20. The summed E-state index contributed by atoms with van der Waals surface area (Å²) < 4.78 is 80.4. The Morgan fingerprint density at radius 2 is 1.77 bits per heavy atom. The van der Waals surface area contributed by atoms with Gasteiger partial charge in [-0.1, -0.05) is 35.9 Å². The van der Waals surface area contributed by atoms with Crippen molar-refractivity contribution in [3.8, 4) is 17.1 Å². The quantitative estimate of drug-likeness (QED) is 0.199. The van der Waals surface area contributed by atoms with Crippen LogP contribution >= 0.6 is 11.6 Å². The van der Waals surface area contributed by atoms with Crippen LogP contribution in [0.3, 0.4) is 0 Å². The van der Waals surface area contributed by atoms with Gasteiger partial charge in [-0.2, -0.15) is 17.5 Å². The van der Waals surface area contributed by atoms with Crippen molar-refractivity contribution in [1.82, 2.24) is 4.31 Å². The first-order valence-corrected chi connectivity index (χ1v) is 15.0. The first kappa shape index (κ1) is 30.6. The molecule has 0 aliphatic heterocycles. The number of carboxylic acids is 1. The smallest absolute Gasteiger partial charge is 0.416 e. The SMILES string of the molecule is O=c1cc(-c2ccc(C(F)(F)F)cc2OCCCN([C@H]2C[C@@H](C(=O)O)C2)S(=O)(=O)c2ccccc2)oc2c(Cl)cccc12. The lowest BCUT2D eigenvalue weighted by Gasteiger charge is -2.40. The van der Waals surface area contributed by atoms with Crippen LogP contribution in [0.5, 0.6) is 5.75 Å². The van der Waals surface area contributed by atoms with Crippen molar-refractivity contribution in [3.63, 3.8) is 0 Å². The maximum Gasteiger partial charge on any atom is 0.416 e. The first-order valence-electron chi connectivity index (χ1n) is 13.2. The third-order valence-electron chi connectivity index (χ3n) is 7.28. The highest BCUT2D eigenvalue weighted by Crippen LogP contribution is 2.39. The van der Waals surface area contributed by atoms with Gasteiger partial charge < -0.3 is 14.3 Å². The molecule has 13 heteroatoms. The van der Waals surface area contributed by atoms with Gasteiger partial charge in [0.15, 0.2) is 11.0 Å². The number of sulfonamides is 1. The van der Waals surface area contributed by atoms with Crippen molar-refractivity contribution in [2.24, 2.45) is 5.92 Å². The van der Waals surface area contributed by atoms with Crippen molar-refractivity contribution in [2.75, 3.05) is 13.2 Å². The molecule has 0 atom stereocenters. The Kier molecular flexibility index (Phi) is 8.55. The van der Waals surface area contributed by atoms with Gasteiger partial charge >= 0.3 is 12.1 Å². The number of halogens is 4. The maximum atomic E-state index is 13.6. The summed E-state index contributed by atoms with van der Waals surface area (Å²) in [5.74, 6) is -1.95. The third-order valence-corrected chi connectivity index (χ3v) is 9.54. The summed E-state index contributed by atoms with van der Waals surface area (Å²) in [5.41, 5.74) is -1.30. The number of carbonyl (C=O) groups is 1. The minimum Gasteiger partial charge on any atom is -0.493 e. The van der Waals surface area contributed by atoms with Crippen LogP contribution < -0.4 is 10.2 Å². The summed E-state index contributed by atoms with van der Waals surface area (Å²) in [5, 5.41) is 9.63. The molecular weight excluding hydrogens is 611 g/mol. The average Bonchev–Trinajstić information content (AvgIpc) is 2.93. The summed E-state index contributed by atoms with van der Waals surface area (Å²) in [6, 6.07) is 15.6. The Hall–Kier alpha value is -3.87. The summed E-state index contributed by atoms with van der Waals surface area (Å²) in [6.45, 7) is -0.258. The van der Waals surface area contributed by atoms with E-state index in [1.54, 1.807) is 24.3 Å². The van der Waals surface area contributed by atoms with E-state index in [9.17, 15) is 36.3 Å². The predicted octanol–water partition coefficient (Wildman–Crippen LogP) is 6.46. The van der Waals surface area contributed by atoms with E-state index in [2.05, 4.69) is 0 Å². The molecule has 1 aliphatic carbocycles. The topological polar surface area (TPSA) is 114 Å². The summed E-state index contributed by atoms with van der Waals surface area (Å²) in [7, 11) is -3.99. The van der Waals surface area contributed by atoms with Crippen molar-refractivity contribution >= 4 is 38.6 Å². The van der Waals surface area contributed by atoms with Gasteiger partial charge in [0, 0.05) is 18.7 Å². The molecule has 0 saturated heterocycles. The molecular formula is C30H25ClF3NO7S. The molecule has 1 N–H and O–H groups in total. The number of carboxylic acid groups (broad SMARTS) is 1. The lowest BCUT2D eigenvalue weighted by Crippen LogP contribution is -2.50. The Morgan fingerprint density at radius 3 is 2.44 bits per heavy atom. The van der Waals surface area contributed by atoms with Crippen molar-refractivity contribution in [2.45, 2.75) is 36.4 Å². The molecule has 1 saturated carbocycles. The Bertz CT molecular complexity index is 1820. The molecule has 0 amide bonds. The monoisotopic (exact) mass is 635 g/mol. The fourth-order valence-electron chi connectivity index (χ4n) is 4.95. The van der Waals surface area contributed by atoms with E-state index >= 15 is 0 Å². The van der Waals surface area contributed by atoms with Crippen LogP contribution in [0.25, 0.3) is 22.3 Å². The molecule has 5 rings (SSSR count). The van der Waals surface area contributed by atoms with Crippen LogP contribution in [0.15, 0.2) is 86.9 Å². The molecule has 43 heavy (non-hydrogen) atoms. The number of aliphatic carboxylic acids is 1.